The Morgan fingerprint density at radius 3 is 2.18 bits per heavy atom. The minimum absolute atomic E-state index is 0.0205. The number of hydrogen-bond donors (Lipinski definition) is 1. The molecule has 0 fully saturated rings. The number of esters is 1. The molecule has 0 aliphatic carbocycles. The Hall–Kier alpha value is -1.10. The van der Waals surface area contributed by atoms with Crippen molar-refractivity contribution in [2.45, 2.75) is 39.7 Å². The van der Waals surface area contributed by atoms with Crippen LogP contribution in [-0.2, 0) is 14.3 Å². The second kappa shape index (κ2) is 8.06. The third kappa shape index (κ3) is 5.68. The van der Waals surface area contributed by atoms with Crippen LogP contribution in [0.25, 0.3) is 0 Å². The number of methoxy groups -OCH3 is 1. The highest BCUT2D eigenvalue weighted by Crippen LogP contribution is 2.10. The van der Waals surface area contributed by atoms with Crippen molar-refractivity contribution < 1.29 is 14.3 Å². The molecule has 0 aromatic carbocycles. The van der Waals surface area contributed by atoms with Crippen LogP contribution in [0.2, 0.25) is 0 Å². The second-order valence-corrected chi connectivity index (χ2v) is 4.27. The fraction of sp³-hybridized carbons (Fsp3) is 0.833. The van der Waals surface area contributed by atoms with E-state index in [1.54, 1.807) is 6.92 Å². The van der Waals surface area contributed by atoms with E-state index in [-0.39, 0.29) is 12.5 Å². The zero-order chi connectivity index (χ0) is 13.4. The molecule has 0 saturated carbocycles. The Balaban J connectivity index is 4.60. The van der Waals surface area contributed by atoms with Gasteiger partial charge < -0.3 is 15.4 Å². The lowest BCUT2D eigenvalue weighted by Crippen LogP contribution is -2.46. The third-order valence-corrected chi connectivity index (χ3v) is 2.88. The molecule has 2 N–H and O–H groups in total. The fourth-order valence-corrected chi connectivity index (χ4v) is 1.60. The van der Waals surface area contributed by atoms with Crippen molar-refractivity contribution in [3.05, 3.63) is 0 Å². The average Bonchev–Trinajstić information content (AvgIpc) is 2.32. The monoisotopic (exact) mass is 244 g/mol. The molecular weight excluding hydrogens is 220 g/mol. The Morgan fingerprint density at radius 2 is 1.82 bits per heavy atom. The Kier molecular flexibility index (Phi) is 7.54. The van der Waals surface area contributed by atoms with Crippen LogP contribution >= 0.6 is 0 Å². The quantitative estimate of drug-likeness (QED) is 0.671. The number of amides is 1. The van der Waals surface area contributed by atoms with Crippen LogP contribution in [0.5, 0.6) is 0 Å². The second-order valence-electron chi connectivity index (χ2n) is 4.27. The van der Waals surface area contributed by atoms with Gasteiger partial charge in [0.2, 0.25) is 5.91 Å². The van der Waals surface area contributed by atoms with Crippen LogP contribution in [0.15, 0.2) is 0 Å². The summed E-state index contributed by atoms with van der Waals surface area (Å²) in [5.41, 5.74) is 5.57. The van der Waals surface area contributed by atoms with Gasteiger partial charge in [0.25, 0.3) is 0 Å². The van der Waals surface area contributed by atoms with Crippen molar-refractivity contribution in [3.63, 3.8) is 0 Å². The van der Waals surface area contributed by atoms with E-state index in [2.05, 4.69) is 18.6 Å². The van der Waals surface area contributed by atoms with E-state index in [0.29, 0.717) is 12.5 Å². The van der Waals surface area contributed by atoms with Gasteiger partial charge in [-0.1, -0.05) is 26.7 Å². The summed E-state index contributed by atoms with van der Waals surface area (Å²) in [5, 5.41) is 0. The van der Waals surface area contributed by atoms with E-state index in [1.807, 2.05) is 0 Å². The van der Waals surface area contributed by atoms with Gasteiger partial charge in [0.15, 0.2) is 0 Å². The van der Waals surface area contributed by atoms with Crippen LogP contribution in [0.1, 0.15) is 33.6 Å². The van der Waals surface area contributed by atoms with Crippen molar-refractivity contribution in [1.82, 2.24) is 4.90 Å². The lowest BCUT2D eigenvalue weighted by atomic mass is 10.0. The molecule has 0 spiro atoms. The van der Waals surface area contributed by atoms with Gasteiger partial charge in [-0.2, -0.15) is 0 Å². The number of nitrogens with zero attached hydrogens (tertiary/aromatic N) is 1. The third-order valence-electron chi connectivity index (χ3n) is 2.88. The summed E-state index contributed by atoms with van der Waals surface area (Å²) in [6.07, 6.45) is 1.95. The van der Waals surface area contributed by atoms with Gasteiger partial charge in [0.1, 0.15) is 6.54 Å². The van der Waals surface area contributed by atoms with E-state index in [9.17, 15) is 9.59 Å². The van der Waals surface area contributed by atoms with E-state index in [1.165, 1.54) is 12.0 Å². The Morgan fingerprint density at radius 1 is 1.29 bits per heavy atom. The maximum atomic E-state index is 11.9. The van der Waals surface area contributed by atoms with E-state index in [0.717, 1.165) is 12.8 Å². The summed E-state index contributed by atoms with van der Waals surface area (Å²) in [5.74, 6) is -0.227. The van der Waals surface area contributed by atoms with Crippen LogP contribution < -0.4 is 5.73 Å². The summed E-state index contributed by atoms with van der Waals surface area (Å²) in [6.45, 7) is 6.30. The molecule has 0 saturated heterocycles. The summed E-state index contributed by atoms with van der Waals surface area (Å²) < 4.78 is 4.59. The van der Waals surface area contributed by atoms with Crippen LogP contribution in [0, 0.1) is 5.92 Å². The first-order chi connectivity index (χ1) is 7.96. The van der Waals surface area contributed by atoms with Gasteiger partial charge in [-0.3, -0.25) is 9.59 Å². The molecule has 0 heterocycles. The van der Waals surface area contributed by atoms with Gasteiger partial charge in [0.05, 0.1) is 13.2 Å². The van der Waals surface area contributed by atoms with Gasteiger partial charge in [-0.25, -0.2) is 0 Å². The zero-order valence-corrected chi connectivity index (χ0v) is 11.2. The molecule has 17 heavy (non-hydrogen) atoms. The number of rotatable bonds is 7. The zero-order valence-electron chi connectivity index (χ0n) is 11.2. The van der Waals surface area contributed by atoms with Crippen molar-refractivity contribution in [3.8, 4) is 0 Å². The molecule has 0 bridgehead atoms. The summed E-state index contributed by atoms with van der Waals surface area (Å²) in [7, 11) is 1.31. The molecule has 0 aromatic rings. The van der Waals surface area contributed by atoms with Gasteiger partial charge in [-0.05, 0) is 12.8 Å². The van der Waals surface area contributed by atoms with Crippen molar-refractivity contribution >= 4 is 11.9 Å². The topological polar surface area (TPSA) is 72.6 Å². The molecule has 1 amide bonds. The van der Waals surface area contributed by atoms with Crippen LogP contribution in [-0.4, -0.2) is 43.0 Å². The van der Waals surface area contributed by atoms with Crippen LogP contribution in [0.4, 0.5) is 0 Å². The molecule has 0 aliphatic heterocycles. The minimum atomic E-state index is -0.589. The highest BCUT2D eigenvalue weighted by molar-refractivity contribution is 5.85. The first-order valence-electron chi connectivity index (χ1n) is 6.07. The number of nitrogens with two attached hydrogens (primary N) is 1. The summed E-state index contributed by atoms with van der Waals surface area (Å²) >= 11 is 0. The first-order valence-corrected chi connectivity index (χ1v) is 6.07. The maximum absolute atomic E-state index is 11.9. The predicted molar refractivity (Wildman–Crippen MR) is 66.3 cm³/mol. The van der Waals surface area contributed by atoms with Crippen molar-refractivity contribution in [1.29, 1.82) is 0 Å². The number of ether oxygens (including phenoxy) is 1. The lowest BCUT2D eigenvalue weighted by molar-refractivity contribution is -0.147. The number of carbonyl (C=O) groups is 2. The van der Waals surface area contributed by atoms with E-state index >= 15 is 0 Å². The van der Waals surface area contributed by atoms with Crippen LogP contribution in [0.3, 0.4) is 0 Å². The summed E-state index contributed by atoms with van der Waals surface area (Å²) in [6, 6.07) is -0.589. The molecule has 0 radical (unpaired) electrons. The largest absolute Gasteiger partial charge is 0.468 e. The highest BCUT2D eigenvalue weighted by atomic mass is 16.5. The van der Waals surface area contributed by atoms with Gasteiger partial charge >= 0.3 is 5.97 Å². The molecule has 0 aliphatic rings. The molecule has 100 valence electrons. The maximum Gasteiger partial charge on any atom is 0.325 e. The molecule has 1 atom stereocenters. The van der Waals surface area contributed by atoms with E-state index < -0.39 is 12.0 Å². The molecular formula is C12H24N2O3. The molecule has 0 unspecified atom stereocenters. The first kappa shape index (κ1) is 15.9. The number of carbonyl (C=O) groups excluding carboxylic acids is 2. The van der Waals surface area contributed by atoms with Gasteiger partial charge in [-0.15, -0.1) is 0 Å². The molecule has 0 aromatic heterocycles. The van der Waals surface area contributed by atoms with E-state index in [4.69, 9.17) is 5.73 Å². The smallest absolute Gasteiger partial charge is 0.325 e. The average molecular weight is 244 g/mol. The predicted octanol–water partition coefficient (Wildman–Crippen LogP) is 0.771. The molecule has 0 rings (SSSR count). The molecule has 5 nitrogen and oxygen atoms in total. The number of hydrogen-bond acceptors (Lipinski definition) is 4. The van der Waals surface area contributed by atoms with Crippen molar-refractivity contribution in [2.75, 3.05) is 20.2 Å². The minimum Gasteiger partial charge on any atom is -0.468 e. The Bertz CT molecular complexity index is 250. The fourth-order valence-electron chi connectivity index (χ4n) is 1.60. The standard InChI is InChI=1S/C12H24N2O3/c1-5-10(6-2)7-14(8-11(15)17-4)12(16)9(3)13/h9-10H,5-8,13H2,1-4H3/t9-/m0/s1. The van der Waals surface area contributed by atoms with Gasteiger partial charge in [0, 0.05) is 6.54 Å². The van der Waals surface area contributed by atoms with Crippen molar-refractivity contribution in [2.24, 2.45) is 11.7 Å². The lowest BCUT2D eigenvalue weighted by Gasteiger charge is -2.27. The molecule has 5 heteroatoms. The normalized spacial score (nSPS) is 12.4. The SMILES string of the molecule is CCC(CC)CN(CC(=O)OC)C(=O)[C@H](C)N. The highest BCUT2D eigenvalue weighted by Gasteiger charge is 2.22. The summed E-state index contributed by atoms with van der Waals surface area (Å²) in [4.78, 5) is 24.6. The Labute approximate surface area is 103 Å².